The first-order valence-electron chi connectivity index (χ1n) is 5.01. The van der Waals surface area contributed by atoms with Gasteiger partial charge in [-0.1, -0.05) is 13.0 Å². The zero-order valence-corrected chi connectivity index (χ0v) is 8.71. The van der Waals surface area contributed by atoms with Crippen molar-refractivity contribution in [3.63, 3.8) is 0 Å². The third-order valence-corrected chi connectivity index (χ3v) is 1.95. The largest absolute Gasteiger partial charge is 0.463 e. The van der Waals surface area contributed by atoms with Crippen LogP contribution in [0.3, 0.4) is 0 Å². The van der Waals surface area contributed by atoms with Crippen LogP contribution in [0.15, 0.2) is 12.7 Å². The summed E-state index contributed by atoms with van der Waals surface area (Å²) in [7, 11) is 0. The van der Waals surface area contributed by atoms with Crippen molar-refractivity contribution in [3.05, 3.63) is 12.7 Å². The minimum Gasteiger partial charge on any atom is -0.463 e. The molecule has 0 saturated carbocycles. The molecule has 0 radical (unpaired) electrons. The average molecular weight is 184 g/mol. The first-order chi connectivity index (χ1) is 6.20. The van der Waals surface area contributed by atoms with E-state index in [4.69, 9.17) is 4.74 Å². The molecular weight excluding hydrogens is 164 g/mol. The first-order valence-corrected chi connectivity index (χ1v) is 5.01. The second-order valence-corrected chi connectivity index (χ2v) is 3.24. The summed E-state index contributed by atoms with van der Waals surface area (Å²) >= 11 is 0. The van der Waals surface area contributed by atoms with E-state index in [0.29, 0.717) is 6.42 Å². The van der Waals surface area contributed by atoms with Gasteiger partial charge in [0.25, 0.3) is 0 Å². The number of allylic oxidation sites excluding steroid dienone is 1. The molecule has 1 atom stereocenters. The van der Waals surface area contributed by atoms with Gasteiger partial charge in [-0.15, -0.1) is 6.58 Å². The van der Waals surface area contributed by atoms with Gasteiger partial charge in [-0.3, -0.25) is 4.79 Å². The highest BCUT2D eigenvalue weighted by Gasteiger charge is 2.06. The van der Waals surface area contributed by atoms with Crippen molar-refractivity contribution >= 4 is 5.97 Å². The second-order valence-electron chi connectivity index (χ2n) is 3.24. The lowest BCUT2D eigenvalue weighted by Gasteiger charge is -2.10. The van der Waals surface area contributed by atoms with Gasteiger partial charge in [0, 0.05) is 6.42 Å². The van der Waals surface area contributed by atoms with Gasteiger partial charge in [-0.2, -0.15) is 0 Å². The molecule has 0 spiro atoms. The topological polar surface area (TPSA) is 26.3 Å². The smallest absolute Gasteiger partial charge is 0.306 e. The van der Waals surface area contributed by atoms with Crippen LogP contribution in [0.4, 0.5) is 0 Å². The van der Waals surface area contributed by atoms with Crippen LogP contribution < -0.4 is 0 Å². The molecule has 1 unspecified atom stereocenters. The highest BCUT2D eigenvalue weighted by Crippen LogP contribution is 2.04. The monoisotopic (exact) mass is 184 g/mol. The number of unbranched alkanes of at least 4 members (excludes halogenated alkanes) is 2. The van der Waals surface area contributed by atoms with Crippen LogP contribution in [-0.2, 0) is 9.53 Å². The fraction of sp³-hybridized carbons (Fsp3) is 0.727. The van der Waals surface area contributed by atoms with Crippen LogP contribution in [-0.4, -0.2) is 12.1 Å². The number of carbonyl (C=O) groups excluding carboxylic acids is 1. The Bertz CT molecular complexity index is 152. The van der Waals surface area contributed by atoms with Gasteiger partial charge in [-0.25, -0.2) is 0 Å². The maximum absolute atomic E-state index is 11.1. The van der Waals surface area contributed by atoms with E-state index in [1.807, 2.05) is 19.9 Å². The van der Waals surface area contributed by atoms with Crippen LogP contribution in [0.2, 0.25) is 0 Å². The lowest BCUT2D eigenvalue weighted by molar-refractivity contribution is -0.148. The molecule has 13 heavy (non-hydrogen) atoms. The van der Waals surface area contributed by atoms with Crippen LogP contribution in [0.25, 0.3) is 0 Å². The van der Waals surface area contributed by atoms with Crippen LogP contribution in [0.5, 0.6) is 0 Å². The Morgan fingerprint density at radius 3 is 2.77 bits per heavy atom. The van der Waals surface area contributed by atoms with E-state index in [1.54, 1.807) is 0 Å². The van der Waals surface area contributed by atoms with Gasteiger partial charge in [0.05, 0.1) is 6.10 Å². The summed E-state index contributed by atoms with van der Waals surface area (Å²) < 4.78 is 5.11. The molecule has 0 aliphatic rings. The SMILES string of the molecule is C=CCCCCC(=O)OC(C)CC. The third kappa shape index (κ3) is 7.57. The van der Waals surface area contributed by atoms with E-state index in [-0.39, 0.29) is 12.1 Å². The van der Waals surface area contributed by atoms with Crippen LogP contribution in [0, 0.1) is 0 Å². The van der Waals surface area contributed by atoms with Crippen LogP contribution in [0.1, 0.15) is 46.0 Å². The zero-order valence-electron chi connectivity index (χ0n) is 8.71. The van der Waals surface area contributed by atoms with Gasteiger partial charge in [0.2, 0.25) is 0 Å². The second kappa shape index (κ2) is 7.84. The number of ether oxygens (including phenoxy) is 1. The van der Waals surface area contributed by atoms with E-state index >= 15 is 0 Å². The maximum Gasteiger partial charge on any atom is 0.306 e. The molecule has 0 aliphatic heterocycles. The molecular formula is C11H20O2. The van der Waals surface area contributed by atoms with Crippen LogP contribution >= 0.6 is 0 Å². The summed E-state index contributed by atoms with van der Waals surface area (Å²) in [4.78, 5) is 11.1. The third-order valence-electron chi connectivity index (χ3n) is 1.95. The summed E-state index contributed by atoms with van der Waals surface area (Å²) in [5.41, 5.74) is 0. The Morgan fingerprint density at radius 1 is 1.54 bits per heavy atom. The van der Waals surface area contributed by atoms with Crippen molar-refractivity contribution in [2.24, 2.45) is 0 Å². The molecule has 0 N–H and O–H groups in total. The first kappa shape index (κ1) is 12.2. The molecule has 0 aromatic rings. The summed E-state index contributed by atoms with van der Waals surface area (Å²) in [6.07, 6.45) is 6.28. The summed E-state index contributed by atoms with van der Waals surface area (Å²) in [5, 5.41) is 0. The Kier molecular flexibility index (Phi) is 7.36. The number of hydrogen-bond acceptors (Lipinski definition) is 2. The van der Waals surface area contributed by atoms with Gasteiger partial charge in [0.15, 0.2) is 0 Å². The quantitative estimate of drug-likeness (QED) is 0.345. The minimum absolute atomic E-state index is 0.0619. The van der Waals surface area contributed by atoms with Gasteiger partial charge < -0.3 is 4.74 Å². The summed E-state index contributed by atoms with van der Waals surface area (Å²) in [6.45, 7) is 7.55. The van der Waals surface area contributed by atoms with Crippen molar-refractivity contribution in [1.82, 2.24) is 0 Å². The standard InChI is InChI=1S/C11H20O2/c1-4-6-7-8-9-11(12)13-10(3)5-2/h4,10H,1,5-9H2,2-3H3. The molecule has 76 valence electrons. The molecule has 2 heteroatoms. The Labute approximate surface area is 81.0 Å². The van der Waals surface area contributed by atoms with Crippen molar-refractivity contribution < 1.29 is 9.53 Å². The molecule has 0 aromatic heterocycles. The van der Waals surface area contributed by atoms with Gasteiger partial charge in [-0.05, 0) is 32.6 Å². The lowest BCUT2D eigenvalue weighted by atomic mass is 10.2. The fourth-order valence-electron chi connectivity index (χ4n) is 0.925. The van der Waals surface area contributed by atoms with E-state index in [9.17, 15) is 4.79 Å². The van der Waals surface area contributed by atoms with Crippen molar-refractivity contribution in [1.29, 1.82) is 0 Å². The highest BCUT2D eigenvalue weighted by molar-refractivity contribution is 5.69. The molecule has 0 amide bonds. The highest BCUT2D eigenvalue weighted by atomic mass is 16.5. The molecule has 0 heterocycles. The number of carbonyl (C=O) groups is 1. The van der Waals surface area contributed by atoms with E-state index < -0.39 is 0 Å². The van der Waals surface area contributed by atoms with Crippen molar-refractivity contribution in [2.45, 2.75) is 52.1 Å². The molecule has 0 saturated heterocycles. The molecule has 0 aliphatic carbocycles. The zero-order chi connectivity index (χ0) is 10.1. The van der Waals surface area contributed by atoms with Crippen molar-refractivity contribution in [2.75, 3.05) is 0 Å². The number of rotatable bonds is 7. The summed E-state index contributed by atoms with van der Waals surface area (Å²) in [5.74, 6) is -0.0709. The predicted molar refractivity (Wildman–Crippen MR) is 54.5 cm³/mol. The summed E-state index contributed by atoms with van der Waals surface area (Å²) in [6, 6.07) is 0. The molecule has 2 nitrogen and oxygen atoms in total. The van der Waals surface area contributed by atoms with Gasteiger partial charge >= 0.3 is 5.97 Å². The molecule has 0 aromatic carbocycles. The van der Waals surface area contributed by atoms with E-state index in [1.165, 1.54) is 0 Å². The lowest BCUT2D eigenvalue weighted by Crippen LogP contribution is -2.13. The average Bonchev–Trinajstić information content (AvgIpc) is 2.12. The molecule has 0 rings (SSSR count). The number of esters is 1. The Morgan fingerprint density at radius 2 is 2.23 bits per heavy atom. The van der Waals surface area contributed by atoms with Gasteiger partial charge in [0.1, 0.15) is 0 Å². The number of hydrogen-bond donors (Lipinski definition) is 0. The van der Waals surface area contributed by atoms with E-state index in [0.717, 1.165) is 25.7 Å². The molecule has 0 bridgehead atoms. The Balaban J connectivity index is 3.35. The normalized spacial score (nSPS) is 12.2. The fourth-order valence-corrected chi connectivity index (χ4v) is 0.925. The minimum atomic E-state index is -0.0709. The Hall–Kier alpha value is -0.790. The van der Waals surface area contributed by atoms with E-state index in [2.05, 4.69) is 6.58 Å². The predicted octanol–water partition coefficient (Wildman–Crippen LogP) is 3.07. The molecule has 0 fully saturated rings. The maximum atomic E-state index is 11.1. The van der Waals surface area contributed by atoms with Crippen molar-refractivity contribution in [3.8, 4) is 0 Å².